The van der Waals surface area contributed by atoms with Gasteiger partial charge in [0, 0.05) is 17.5 Å². The molecule has 0 aromatic heterocycles. The Balaban J connectivity index is 1.99. The first-order valence-electron chi connectivity index (χ1n) is 10.9. The predicted octanol–water partition coefficient (Wildman–Crippen LogP) is 3.48. The van der Waals surface area contributed by atoms with Gasteiger partial charge in [0.2, 0.25) is 11.4 Å². The van der Waals surface area contributed by atoms with E-state index in [-0.39, 0.29) is 24.5 Å². The Morgan fingerprint density at radius 1 is 1.33 bits per heavy atom. The molecule has 2 aliphatic carbocycles. The number of carbonyl (C=O) groups is 3. The summed E-state index contributed by atoms with van der Waals surface area (Å²) in [5, 5.41) is 20.8. The van der Waals surface area contributed by atoms with Crippen molar-refractivity contribution in [3.63, 3.8) is 0 Å². The third-order valence-electron chi connectivity index (χ3n) is 6.80. The van der Waals surface area contributed by atoms with Crippen LogP contribution in [0.25, 0.3) is 0 Å². The van der Waals surface area contributed by atoms with E-state index in [2.05, 4.69) is 0 Å². The minimum absolute atomic E-state index is 0.0477. The van der Waals surface area contributed by atoms with Crippen LogP contribution >= 0.6 is 0 Å². The van der Waals surface area contributed by atoms with Crippen molar-refractivity contribution in [1.29, 1.82) is 0 Å². The van der Waals surface area contributed by atoms with Gasteiger partial charge >= 0.3 is 5.97 Å². The summed E-state index contributed by atoms with van der Waals surface area (Å²) in [6.07, 6.45) is 1.54. The van der Waals surface area contributed by atoms with Crippen LogP contribution in [-0.2, 0) is 27.2 Å². The van der Waals surface area contributed by atoms with Gasteiger partial charge in [0.15, 0.2) is 5.78 Å². The lowest BCUT2D eigenvalue weighted by Crippen LogP contribution is -2.53. The maximum atomic E-state index is 13.5. The smallest absolute Gasteiger partial charge is 0.310 e. The summed E-state index contributed by atoms with van der Waals surface area (Å²) in [5.41, 5.74) is 0.0790. The van der Waals surface area contributed by atoms with Crippen LogP contribution in [0.1, 0.15) is 86.8 Å². The van der Waals surface area contributed by atoms with E-state index in [1.54, 1.807) is 6.92 Å². The molecule has 3 unspecified atom stereocenters. The number of esters is 1. The zero-order valence-electron chi connectivity index (χ0n) is 18.4. The number of ketones is 2. The number of benzene rings is 1. The van der Waals surface area contributed by atoms with Gasteiger partial charge < -0.3 is 14.9 Å². The zero-order valence-corrected chi connectivity index (χ0v) is 18.4. The number of phenols is 1. The topological polar surface area (TPSA) is 101 Å². The number of phenolic OH excluding ortho intramolecular Hbond substituents is 1. The molecule has 0 aliphatic heterocycles. The SMILES string of the molecule is CCC(C)CC(C)C(=O)OC1(C)C(=O)Cc2cc(O)c3c(c2C1=O)C[C@@H](O)C[C@H]3C. The van der Waals surface area contributed by atoms with Gasteiger partial charge in [-0.05, 0) is 55.2 Å². The van der Waals surface area contributed by atoms with Crippen molar-refractivity contribution in [2.45, 2.75) is 84.3 Å². The second kappa shape index (κ2) is 8.14. The minimum atomic E-state index is -1.88. The number of hydrogen-bond acceptors (Lipinski definition) is 6. The third-order valence-corrected chi connectivity index (χ3v) is 6.80. The van der Waals surface area contributed by atoms with Crippen molar-refractivity contribution in [1.82, 2.24) is 0 Å². The van der Waals surface area contributed by atoms with Gasteiger partial charge in [-0.2, -0.15) is 0 Å². The van der Waals surface area contributed by atoms with Gasteiger partial charge in [-0.25, -0.2) is 0 Å². The van der Waals surface area contributed by atoms with Crippen molar-refractivity contribution in [3.8, 4) is 5.75 Å². The highest BCUT2D eigenvalue weighted by Crippen LogP contribution is 2.44. The Hall–Kier alpha value is -2.21. The van der Waals surface area contributed by atoms with Gasteiger partial charge in [0.25, 0.3) is 0 Å². The quantitative estimate of drug-likeness (QED) is 0.563. The first kappa shape index (κ1) is 22.5. The maximum Gasteiger partial charge on any atom is 0.310 e. The Morgan fingerprint density at radius 2 is 2.00 bits per heavy atom. The summed E-state index contributed by atoms with van der Waals surface area (Å²) < 4.78 is 5.58. The molecule has 5 atom stereocenters. The van der Waals surface area contributed by atoms with Crippen LogP contribution in [0.4, 0.5) is 0 Å². The van der Waals surface area contributed by atoms with E-state index in [1.807, 2.05) is 20.8 Å². The van der Waals surface area contributed by atoms with Crippen molar-refractivity contribution in [3.05, 3.63) is 28.3 Å². The summed E-state index contributed by atoms with van der Waals surface area (Å²) in [7, 11) is 0. The largest absolute Gasteiger partial charge is 0.508 e. The molecule has 0 amide bonds. The van der Waals surface area contributed by atoms with Gasteiger partial charge in [0.1, 0.15) is 5.75 Å². The number of carbonyl (C=O) groups excluding carboxylic acids is 3. The Bertz CT molecular complexity index is 888. The minimum Gasteiger partial charge on any atom is -0.508 e. The van der Waals surface area contributed by atoms with Gasteiger partial charge in [-0.3, -0.25) is 14.4 Å². The Morgan fingerprint density at radius 3 is 2.63 bits per heavy atom. The third kappa shape index (κ3) is 3.78. The van der Waals surface area contributed by atoms with Gasteiger partial charge in [-0.15, -0.1) is 0 Å². The predicted molar refractivity (Wildman–Crippen MR) is 112 cm³/mol. The number of aliphatic hydroxyl groups is 1. The van der Waals surface area contributed by atoms with Crippen LogP contribution in [-0.4, -0.2) is 39.5 Å². The maximum absolute atomic E-state index is 13.5. The molecule has 3 rings (SSSR count). The number of fused-ring (bicyclic) bond motifs is 3. The van der Waals surface area contributed by atoms with Crippen molar-refractivity contribution in [2.24, 2.45) is 11.8 Å². The van der Waals surface area contributed by atoms with Crippen molar-refractivity contribution >= 4 is 17.5 Å². The molecular weight excluding hydrogens is 384 g/mol. The fourth-order valence-electron chi connectivity index (χ4n) is 4.81. The van der Waals surface area contributed by atoms with Crippen molar-refractivity contribution in [2.75, 3.05) is 0 Å². The highest BCUT2D eigenvalue weighted by atomic mass is 16.6. The molecule has 1 aromatic rings. The lowest BCUT2D eigenvalue weighted by Gasteiger charge is -2.36. The molecule has 0 spiro atoms. The molecule has 164 valence electrons. The highest BCUT2D eigenvalue weighted by molar-refractivity contribution is 6.22. The molecule has 0 saturated heterocycles. The van der Waals surface area contributed by atoms with Crippen LogP contribution in [0, 0.1) is 11.8 Å². The molecule has 6 heteroatoms. The monoisotopic (exact) mass is 416 g/mol. The average Bonchev–Trinajstić information content (AvgIpc) is 2.65. The van der Waals surface area contributed by atoms with E-state index in [9.17, 15) is 24.6 Å². The fraction of sp³-hybridized carbons (Fsp3) is 0.625. The lowest BCUT2D eigenvalue weighted by atomic mass is 9.71. The first-order valence-corrected chi connectivity index (χ1v) is 10.9. The molecule has 6 nitrogen and oxygen atoms in total. The summed E-state index contributed by atoms with van der Waals surface area (Å²) in [6.45, 7) is 9.10. The average molecular weight is 417 g/mol. The molecule has 0 radical (unpaired) electrons. The van der Waals surface area contributed by atoms with E-state index in [1.165, 1.54) is 13.0 Å². The molecule has 30 heavy (non-hydrogen) atoms. The summed E-state index contributed by atoms with van der Waals surface area (Å²) in [5.74, 6) is -1.77. The van der Waals surface area contributed by atoms with E-state index >= 15 is 0 Å². The summed E-state index contributed by atoms with van der Waals surface area (Å²) >= 11 is 0. The molecule has 2 aliphatic rings. The van der Waals surface area contributed by atoms with Crippen LogP contribution in [0.3, 0.4) is 0 Å². The van der Waals surface area contributed by atoms with Crippen molar-refractivity contribution < 1.29 is 29.3 Å². The zero-order chi connectivity index (χ0) is 22.4. The molecule has 0 bridgehead atoms. The molecule has 2 N–H and O–H groups in total. The van der Waals surface area contributed by atoms with E-state index in [0.29, 0.717) is 41.0 Å². The number of Topliss-reactive ketones (excluding diaryl/α,β-unsaturated/α-hetero) is 2. The summed E-state index contributed by atoms with van der Waals surface area (Å²) in [4.78, 5) is 39.1. The fourth-order valence-corrected chi connectivity index (χ4v) is 4.81. The molecule has 0 fully saturated rings. The van der Waals surface area contributed by atoms with Crippen LogP contribution < -0.4 is 0 Å². The Kier molecular flexibility index (Phi) is 6.10. The molecular formula is C24H32O6. The standard InChI is InChI=1S/C24H32O6/c1-6-12(2)7-14(4)23(29)30-24(5)19(27)10-15-9-18(26)20-13(3)8-16(25)11-17(20)21(15)22(24)28/h9,12-14,16,25-26H,6-8,10-11H2,1-5H3/t12?,13-,14?,16+,24?/m1/s1. The van der Waals surface area contributed by atoms with Crippen LogP contribution in [0.5, 0.6) is 5.75 Å². The normalized spacial score (nSPS) is 27.8. The molecule has 0 heterocycles. The first-order chi connectivity index (χ1) is 14.0. The van der Waals surface area contributed by atoms with Crippen LogP contribution in [0.2, 0.25) is 0 Å². The molecule has 1 aromatic carbocycles. The number of rotatable bonds is 5. The van der Waals surface area contributed by atoms with E-state index in [0.717, 1.165) is 6.42 Å². The number of aromatic hydroxyl groups is 1. The molecule has 0 saturated carbocycles. The summed E-state index contributed by atoms with van der Waals surface area (Å²) in [6, 6.07) is 1.48. The number of ether oxygens (including phenoxy) is 1. The van der Waals surface area contributed by atoms with E-state index < -0.39 is 35.2 Å². The second-order valence-corrected chi connectivity index (χ2v) is 9.35. The number of hydrogen-bond donors (Lipinski definition) is 2. The lowest BCUT2D eigenvalue weighted by molar-refractivity contribution is -0.165. The van der Waals surface area contributed by atoms with E-state index in [4.69, 9.17) is 4.74 Å². The second-order valence-electron chi connectivity index (χ2n) is 9.35. The number of aliphatic hydroxyl groups excluding tert-OH is 1. The Labute approximate surface area is 177 Å². The van der Waals surface area contributed by atoms with Gasteiger partial charge in [-0.1, -0.05) is 34.1 Å². The van der Waals surface area contributed by atoms with Gasteiger partial charge in [0.05, 0.1) is 12.0 Å². The van der Waals surface area contributed by atoms with Crippen LogP contribution in [0.15, 0.2) is 6.07 Å². The highest BCUT2D eigenvalue weighted by Gasteiger charge is 2.51.